The standard InChI is InChI=1S/C18H24N4O2/c1-5-11-19-17(23)13(3)20-18(24)16-12(2)21-22(14(16)4)15-9-7-6-8-10-15/h6-10,13H,5,11H2,1-4H3,(H,19,23)(H,20,24)/t13-/m1/s1. The van der Waals surface area contributed by atoms with Gasteiger partial charge in [-0.05, 0) is 39.3 Å². The van der Waals surface area contributed by atoms with E-state index in [0.717, 1.165) is 17.8 Å². The van der Waals surface area contributed by atoms with Crippen LogP contribution in [0.1, 0.15) is 42.0 Å². The van der Waals surface area contributed by atoms with E-state index in [0.29, 0.717) is 17.8 Å². The quantitative estimate of drug-likeness (QED) is 0.853. The minimum absolute atomic E-state index is 0.184. The normalized spacial score (nSPS) is 11.8. The number of nitrogens with zero attached hydrogens (tertiary/aromatic N) is 2. The van der Waals surface area contributed by atoms with E-state index in [-0.39, 0.29) is 11.8 Å². The lowest BCUT2D eigenvalue weighted by molar-refractivity contribution is -0.122. The van der Waals surface area contributed by atoms with E-state index in [9.17, 15) is 9.59 Å². The molecule has 24 heavy (non-hydrogen) atoms. The molecule has 2 rings (SSSR count). The fourth-order valence-electron chi connectivity index (χ4n) is 2.53. The summed E-state index contributed by atoms with van der Waals surface area (Å²) in [7, 11) is 0. The van der Waals surface area contributed by atoms with Crippen molar-refractivity contribution in [1.29, 1.82) is 0 Å². The van der Waals surface area contributed by atoms with Crippen LogP contribution < -0.4 is 10.6 Å². The Labute approximate surface area is 142 Å². The molecule has 1 atom stereocenters. The highest BCUT2D eigenvalue weighted by molar-refractivity contribution is 5.99. The van der Waals surface area contributed by atoms with Crippen LogP contribution in [0.25, 0.3) is 5.69 Å². The second kappa shape index (κ2) is 7.77. The number of aromatic nitrogens is 2. The zero-order chi connectivity index (χ0) is 17.7. The zero-order valence-electron chi connectivity index (χ0n) is 14.6. The summed E-state index contributed by atoms with van der Waals surface area (Å²) in [4.78, 5) is 24.5. The molecule has 128 valence electrons. The third-order valence-corrected chi connectivity index (χ3v) is 3.81. The Bertz CT molecular complexity index is 722. The van der Waals surface area contributed by atoms with Crippen LogP contribution >= 0.6 is 0 Å². The van der Waals surface area contributed by atoms with E-state index in [4.69, 9.17) is 0 Å². The van der Waals surface area contributed by atoms with Gasteiger partial charge in [0.05, 0.1) is 22.6 Å². The highest BCUT2D eigenvalue weighted by Gasteiger charge is 2.22. The Balaban J connectivity index is 2.19. The molecule has 0 aliphatic heterocycles. The summed E-state index contributed by atoms with van der Waals surface area (Å²) in [5.74, 6) is -0.470. The number of aryl methyl sites for hydroxylation is 1. The van der Waals surface area contributed by atoms with E-state index in [1.807, 2.05) is 44.2 Å². The van der Waals surface area contributed by atoms with Gasteiger partial charge in [-0.25, -0.2) is 4.68 Å². The molecule has 0 bridgehead atoms. The van der Waals surface area contributed by atoms with Gasteiger partial charge in [-0.3, -0.25) is 9.59 Å². The topological polar surface area (TPSA) is 76.0 Å². The Morgan fingerprint density at radius 1 is 1.21 bits per heavy atom. The first-order valence-electron chi connectivity index (χ1n) is 8.16. The van der Waals surface area contributed by atoms with Crippen LogP contribution in [0.4, 0.5) is 0 Å². The molecule has 0 aliphatic carbocycles. The minimum Gasteiger partial charge on any atom is -0.354 e. The molecule has 2 aromatic rings. The van der Waals surface area contributed by atoms with Gasteiger partial charge in [0, 0.05) is 6.54 Å². The third kappa shape index (κ3) is 3.82. The number of hydrogen-bond donors (Lipinski definition) is 2. The van der Waals surface area contributed by atoms with Gasteiger partial charge in [-0.15, -0.1) is 0 Å². The maximum absolute atomic E-state index is 12.6. The van der Waals surface area contributed by atoms with Crippen molar-refractivity contribution in [2.45, 2.75) is 40.2 Å². The van der Waals surface area contributed by atoms with E-state index in [1.165, 1.54) is 0 Å². The summed E-state index contributed by atoms with van der Waals surface area (Å²) in [5.41, 5.74) is 2.78. The molecule has 6 heteroatoms. The van der Waals surface area contributed by atoms with Crippen LogP contribution in [0.5, 0.6) is 0 Å². The summed E-state index contributed by atoms with van der Waals surface area (Å²) in [6, 6.07) is 9.05. The first-order valence-corrected chi connectivity index (χ1v) is 8.16. The summed E-state index contributed by atoms with van der Waals surface area (Å²) in [6.45, 7) is 7.90. The van der Waals surface area contributed by atoms with Crippen molar-refractivity contribution < 1.29 is 9.59 Å². The van der Waals surface area contributed by atoms with Crippen molar-refractivity contribution in [2.24, 2.45) is 0 Å². The molecule has 0 unspecified atom stereocenters. The summed E-state index contributed by atoms with van der Waals surface area (Å²) in [5, 5.41) is 9.98. The predicted molar refractivity (Wildman–Crippen MR) is 93.3 cm³/mol. The highest BCUT2D eigenvalue weighted by Crippen LogP contribution is 2.17. The van der Waals surface area contributed by atoms with E-state index >= 15 is 0 Å². The molecule has 0 saturated heterocycles. The average Bonchev–Trinajstić information content (AvgIpc) is 2.87. The lowest BCUT2D eigenvalue weighted by Gasteiger charge is -2.14. The van der Waals surface area contributed by atoms with Crippen LogP contribution in [0.15, 0.2) is 30.3 Å². The van der Waals surface area contributed by atoms with Gasteiger partial charge in [-0.2, -0.15) is 5.10 Å². The predicted octanol–water partition coefficient (Wildman–Crippen LogP) is 2.13. The monoisotopic (exact) mass is 328 g/mol. The van der Waals surface area contributed by atoms with Crippen LogP contribution in [0, 0.1) is 13.8 Å². The summed E-state index contributed by atoms with van der Waals surface area (Å²) in [6.07, 6.45) is 0.856. The molecule has 2 N–H and O–H groups in total. The van der Waals surface area contributed by atoms with Gasteiger partial charge in [0.2, 0.25) is 5.91 Å². The number of benzene rings is 1. The Hall–Kier alpha value is -2.63. The van der Waals surface area contributed by atoms with E-state index in [2.05, 4.69) is 15.7 Å². The van der Waals surface area contributed by atoms with Crippen LogP contribution in [0.3, 0.4) is 0 Å². The number of carbonyl (C=O) groups is 2. The molecule has 2 amide bonds. The molecule has 0 aliphatic rings. The first-order chi connectivity index (χ1) is 11.5. The third-order valence-electron chi connectivity index (χ3n) is 3.81. The van der Waals surface area contributed by atoms with Crippen molar-refractivity contribution in [3.8, 4) is 5.69 Å². The van der Waals surface area contributed by atoms with E-state index < -0.39 is 6.04 Å². The maximum Gasteiger partial charge on any atom is 0.255 e. The summed E-state index contributed by atoms with van der Waals surface area (Å²) >= 11 is 0. The number of rotatable bonds is 6. The largest absolute Gasteiger partial charge is 0.354 e. The van der Waals surface area contributed by atoms with Crippen LogP contribution in [-0.2, 0) is 4.79 Å². The van der Waals surface area contributed by atoms with Crippen molar-refractivity contribution in [1.82, 2.24) is 20.4 Å². The van der Waals surface area contributed by atoms with Gasteiger partial charge in [0.15, 0.2) is 0 Å². The second-order valence-electron chi connectivity index (χ2n) is 5.78. The molecule has 0 radical (unpaired) electrons. The number of amides is 2. The molecular formula is C18H24N4O2. The molecule has 0 spiro atoms. The first kappa shape index (κ1) is 17.7. The van der Waals surface area contributed by atoms with Crippen LogP contribution in [0.2, 0.25) is 0 Å². The number of carbonyl (C=O) groups excluding carboxylic acids is 2. The van der Waals surface area contributed by atoms with Crippen molar-refractivity contribution in [3.05, 3.63) is 47.3 Å². The van der Waals surface area contributed by atoms with E-state index in [1.54, 1.807) is 18.5 Å². The number of nitrogens with one attached hydrogen (secondary N) is 2. The lowest BCUT2D eigenvalue weighted by Crippen LogP contribution is -2.45. The average molecular weight is 328 g/mol. The minimum atomic E-state index is -0.595. The number of hydrogen-bond acceptors (Lipinski definition) is 3. The number of para-hydroxylation sites is 1. The Kier molecular flexibility index (Phi) is 5.73. The van der Waals surface area contributed by atoms with Gasteiger partial charge in [-0.1, -0.05) is 25.1 Å². The molecule has 0 fully saturated rings. The molecule has 1 aromatic carbocycles. The molecule has 1 heterocycles. The maximum atomic E-state index is 12.6. The van der Waals surface area contributed by atoms with Gasteiger partial charge < -0.3 is 10.6 Å². The molecule has 6 nitrogen and oxygen atoms in total. The van der Waals surface area contributed by atoms with Crippen molar-refractivity contribution in [3.63, 3.8) is 0 Å². The van der Waals surface area contributed by atoms with Gasteiger partial charge >= 0.3 is 0 Å². The highest BCUT2D eigenvalue weighted by atomic mass is 16.2. The second-order valence-corrected chi connectivity index (χ2v) is 5.78. The Morgan fingerprint density at radius 2 is 1.88 bits per heavy atom. The zero-order valence-corrected chi connectivity index (χ0v) is 14.6. The molecule has 0 saturated carbocycles. The van der Waals surface area contributed by atoms with Gasteiger partial charge in [0.1, 0.15) is 6.04 Å². The SMILES string of the molecule is CCCNC(=O)[C@@H](C)NC(=O)c1c(C)nn(-c2ccccc2)c1C. The Morgan fingerprint density at radius 3 is 2.50 bits per heavy atom. The van der Waals surface area contributed by atoms with Crippen molar-refractivity contribution >= 4 is 11.8 Å². The molecular weight excluding hydrogens is 304 g/mol. The van der Waals surface area contributed by atoms with Gasteiger partial charge in [0.25, 0.3) is 5.91 Å². The molecule has 1 aromatic heterocycles. The van der Waals surface area contributed by atoms with Crippen LogP contribution in [-0.4, -0.2) is 34.2 Å². The summed E-state index contributed by atoms with van der Waals surface area (Å²) < 4.78 is 1.74. The fourth-order valence-corrected chi connectivity index (χ4v) is 2.53. The van der Waals surface area contributed by atoms with Crippen molar-refractivity contribution in [2.75, 3.05) is 6.54 Å². The lowest BCUT2D eigenvalue weighted by atomic mass is 10.1. The smallest absolute Gasteiger partial charge is 0.255 e. The fraction of sp³-hybridized carbons (Fsp3) is 0.389.